The second kappa shape index (κ2) is 8.94. The van der Waals surface area contributed by atoms with Crippen molar-refractivity contribution in [2.45, 2.75) is 51.6 Å². The highest BCUT2D eigenvalue weighted by atomic mass is 32.2. The number of carbonyl (C=O) groups is 1. The van der Waals surface area contributed by atoms with Crippen molar-refractivity contribution in [2.75, 3.05) is 16.9 Å². The smallest absolute Gasteiger partial charge is 0.412 e. The molecule has 32 heavy (non-hydrogen) atoms. The van der Waals surface area contributed by atoms with Gasteiger partial charge in [0, 0.05) is 30.8 Å². The Bertz CT molecular complexity index is 1240. The minimum Gasteiger partial charge on any atom is -0.465 e. The molecule has 0 unspecified atom stereocenters. The van der Waals surface area contributed by atoms with Crippen LogP contribution in [0.15, 0.2) is 42.5 Å². The van der Waals surface area contributed by atoms with E-state index in [4.69, 9.17) is 4.98 Å². The van der Waals surface area contributed by atoms with Crippen molar-refractivity contribution in [1.82, 2.24) is 9.55 Å². The summed E-state index contributed by atoms with van der Waals surface area (Å²) in [7, 11) is -3.04. The zero-order valence-electron chi connectivity index (χ0n) is 18.5. The Morgan fingerprint density at radius 1 is 1.16 bits per heavy atom. The first-order chi connectivity index (χ1) is 15.2. The Morgan fingerprint density at radius 2 is 1.91 bits per heavy atom. The third-order valence-corrected chi connectivity index (χ3v) is 7.21. The predicted molar refractivity (Wildman–Crippen MR) is 126 cm³/mol. The van der Waals surface area contributed by atoms with Crippen molar-refractivity contribution < 1.29 is 18.3 Å². The summed E-state index contributed by atoms with van der Waals surface area (Å²) in [5, 5.41) is 9.73. The van der Waals surface area contributed by atoms with Gasteiger partial charge < -0.3 is 9.67 Å². The van der Waals surface area contributed by atoms with Crippen LogP contribution in [0.1, 0.15) is 36.7 Å². The number of benzene rings is 2. The van der Waals surface area contributed by atoms with Crippen LogP contribution in [0.5, 0.6) is 0 Å². The average Bonchev–Trinajstić information content (AvgIpc) is 3.09. The van der Waals surface area contributed by atoms with Gasteiger partial charge in [0.05, 0.1) is 22.5 Å². The number of sulfone groups is 1. The van der Waals surface area contributed by atoms with Crippen molar-refractivity contribution in [2.24, 2.45) is 0 Å². The molecule has 0 bridgehead atoms. The van der Waals surface area contributed by atoms with E-state index in [2.05, 4.69) is 16.7 Å². The van der Waals surface area contributed by atoms with Crippen molar-refractivity contribution in [1.29, 1.82) is 0 Å². The van der Waals surface area contributed by atoms with Crippen molar-refractivity contribution in [3.63, 3.8) is 0 Å². The third-order valence-electron chi connectivity index (χ3n) is 6.18. The van der Waals surface area contributed by atoms with Crippen molar-refractivity contribution in [3.8, 4) is 0 Å². The molecule has 170 valence electrons. The average molecular weight is 456 g/mol. The van der Waals surface area contributed by atoms with Crippen LogP contribution in [0.2, 0.25) is 0 Å². The van der Waals surface area contributed by atoms with Gasteiger partial charge in [-0.15, -0.1) is 0 Å². The first-order valence-corrected chi connectivity index (χ1v) is 13.1. The van der Waals surface area contributed by atoms with Gasteiger partial charge >= 0.3 is 6.09 Å². The van der Waals surface area contributed by atoms with Crippen LogP contribution in [-0.2, 0) is 35.6 Å². The molecule has 1 aromatic heterocycles. The molecule has 1 atom stereocenters. The standard InChI is InChI=1S/C24H29N3O4S/c1-17-9-11-19-20(27(17)24(28)29)12-13-21-23(19)25-22(14-10-18-7-4-3-5-8-18)26(21)15-6-16-32(2,30)31/h3-5,7-8,12-13,17H,6,9-11,14-16H2,1-2H3,(H,28,29)/t17-/m0/s1. The fourth-order valence-corrected chi connectivity index (χ4v) is 5.25. The lowest BCUT2D eigenvalue weighted by atomic mass is 9.96. The normalized spacial score (nSPS) is 16.3. The first-order valence-electron chi connectivity index (χ1n) is 11.0. The molecule has 0 saturated heterocycles. The lowest BCUT2D eigenvalue weighted by molar-refractivity contribution is 0.198. The molecule has 0 radical (unpaired) electrons. The topological polar surface area (TPSA) is 92.5 Å². The molecular weight excluding hydrogens is 426 g/mol. The largest absolute Gasteiger partial charge is 0.465 e. The molecule has 1 aliphatic rings. The number of hydrogen-bond acceptors (Lipinski definition) is 4. The number of hydrogen-bond donors (Lipinski definition) is 1. The van der Waals surface area contributed by atoms with Gasteiger partial charge in [0.25, 0.3) is 0 Å². The quantitative estimate of drug-likeness (QED) is 0.580. The van der Waals surface area contributed by atoms with E-state index in [-0.39, 0.29) is 11.8 Å². The molecule has 1 aliphatic heterocycles. The lowest BCUT2D eigenvalue weighted by Crippen LogP contribution is -2.41. The molecule has 1 amide bonds. The van der Waals surface area contributed by atoms with Gasteiger partial charge in [0.15, 0.2) is 0 Å². The minimum atomic E-state index is -3.04. The number of aryl methyl sites for hydroxylation is 4. The van der Waals surface area contributed by atoms with Crippen LogP contribution in [0.25, 0.3) is 11.0 Å². The number of aromatic nitrogens is 2. The first kappa shape index (κ1) is 22.3. The highest BCUT2D eigenvalue weighted by Crippen LogP contribution is 2.36. The van der Waals surface area contributed by atoms with E-state index in [0.717, 1.165) is 48.1 Å². The molecule has 4 rings (SSSR count). The Balaban J connectivity index is 1.74. The SMILES string of the molecule is C[C@H]1CCc2c(ccc3c2nc(CCc2ccccc2)n3CCCS(C)(=O)=O)N1C(=O)O. The minimum absolute atomic E-state index is 0.0770. The zero-order chi connectivity index (χ0) is 22.9. The summed E-state index contributed by atoms with van der Waals surface area (Å²) >= 11 is 0. The lowest BCUT2D eigenvalue weighted by Gasteiger charge is -2.33. The number of anilines is 1. The van der Waals surface area contributed by atoms with Crippen molar-refractivity contribution in [3.05, 3.63) is 59.4 Å². The predicted octanol–water partition coefficient (Wildman–Crippen LogP) is 4.08. The van der Waals surface area contributed by atoms with Crippen LogP contribution in [0.3, 0.4) is 0 Å². The zero-order valence-corrected chi connectivity index (χ0v) is 19.3. The Hall–Kier alpha value is -2.87. The number of amides is 1. The summed E-state index contributed by atoms with van der Waals surface area (Å²) in [6, 6.07) is 13.9. The summed E-state index contributed by atoms with van der Waals surface area (Å²) in [5.41, 5.74) is 4.67. The monoisotopic (exact) mass is 455 g/mol. The van der Waals surface area contributed by atoms with Gasteiger partial charge in [-0.3, -0.25) is 4.90 Å². The summed E-state index contributed by atoms with van der Waals surface area (Å²) in [4.78, 5) is 18.3. The fourth-order valence-electron chi connectivity index (χ4n) is 4.59. The molecule has 2 heterocycles. The van der Waals surface area contributed by atoms with Gasteiger partial charge in [0.1, 0.15) is 15.7 Å². The number of carboxylic acid groups (broad SMARTS) is 1. The highest BCUT2D eigenvalue weighted by molar-refractivity contribution is 7.90. The molecule has 3 aromatic rings. The van der Waals surface area contributed by atoms with E-state index < -0.39 is 15.9 Å². The molecule has 7 nitrogen and oxygen atoms in total. The number of fused-ring (bicyclic) bond motifs is 3. The van der Waals surface area contributed by atoms with Gasteiger partial charge in [0.2, 0.25) is 0 Å². The van der Waals surface area contributed by atoms with Crippen LogP contribution < -0.4 is 4.90 Å². The maximum atomic E-state index is 11.9. The van der Waals surface area contributed by atoms with E-state index >= 15 is 0 Å². The van der Waals surface area contributed by atoms with E-state index in [1.54, 1.807) is 0 Å². The second-order valence-electron chi connectivity index (χ2n) is 8.62. The molecule has 8 heteroatoms. The summed E-state index contributed by atoms with van der Waals surface area (Å²) in [6.45, 7) is 2.49. The molecule has 0 fully saturated rings. The van der Waals surface area contributed by atoms with Crippen LogP contribution in [-0.4, -0.2) is 47.2 Å². The summed E-state index contributed by atoms with van der Waals surface area (Å²) in [6.07, 6.45) is 3.90. The second-order valence-corrected chi connectivity index (χ2v) is 10.9. The van der Waals surface area contributed by atoms with Gasteiger partial charge in [-0.25, -0.2) is 18.2 Å². The third kappa shape index (κ3) is 4.65. The van der Waals surface area contributed by atoms with Crippen LogP contribution >= 0.6 is 0 Å². The summed E-state index contributed by atoms with van der Waals surface area (Å²) in [5.74, 6) is 1.03. The Morgan fingerprint density at radius 3 is 2.59 bits per heavy atom. The number of nitrogens with zero attached hydrogens (tertiary/aromatic N) is 3. The molecule has 1 N–H and O–H groups in total. The maximum absolute atomic E-state index is 11.9. The molecule has 0 aliphatic carbocycles. The number of imidazole rings is 1. The van der Waals surface area contributed by atoms with E-state index in [1.807, 2.05) is 37.3 Å². The van der Waals surface area contributed by atoms with Gasteiger partial charge in [-0.2, -0.15) is 0 Å². The van der Waals surface area contributed by atoms with Gasteiger partial charge in [-0.1, -0.05) is 30.3 Å². The molecule has 0 saturated carbocycles. The van der Waals surface area contributed by atoms with Crippen LogP contribution in [0, 0.1) is 0 Å². The van der Waals surface area contributed by atoms with E-state index in [1.165, 1.54) is 16.7 Å². The van der Waals surface area contributed by atoms with Crippen molar-refractivity contribution >= 4 is 32.7 Å². The van der Waals surface area contributed by atoms with Gasteiger partial charge in [-0.05, 0) is 50.3 Å². The van der Waals surface area contributed by atoms with Crippen LogP contribution in [0.4, 0.5) is 10.5 Å². The fraction of sp³-hybridized carbons (Fsp3) is 0.417. The Kier molecular flexibility index (Phi) is 6.24. The molecular formula is C24H29N3O4S. The Labute approximate surface area is 188 Å². The van der Waals surface area contributed by atoms with E-state index in [0.29, 0.717) is 18.7 Å². The number of rotatable bonds is 7. The maximum Gasteiger partial charge on any atom is 0.412 e. The molecule has 0 spiro atoms. The van der Waals surface area contributed by atoms with E-state index in [9.17, 15) is 18.3 Å². The summed E-state index contributed by atoms with van der Waals surface area (Å²) < 4.78 is 25.4. The molecule has 2 aromatic carbocycles. The highest BCUT2D eigenvalue weighted by Gasteiger charge is 2.30.